The number of nitrogens with one attached hydrogen (secondary N) is 2. The third-order valence-electron chi connectivity index (χ3n) is 5.65. The molecule has 0 spiro atoms. The molecule has 0 bridgehead atoms. The van der Waals surface area contributed by atoms with Gasteiger partial charge in [0.2, 0.25) is 5.91 Å². The number of methoxy groups -OCH3 is 1. The van der Waals surface area contributed by atoms with Gasteiger partial charge in [-0.15, -0.1) is 0 Å². The fourth-order valence-electron chi connectivity index (χ4n) is 4.03. The first-order valence-electron chi connectivity index (χ1n) is 9.21. The number of H-pyrrole nitrogens is 1. The summed E-state index contributed by atoms with van der Waals surface area (Å²) in [6.07, 6.45) is 4.73. The number of ether oxygens (including phenoxy) is 1. The van der Waals surface area contributed by atoms with Crippen LogP contribution < -0.4 is 5.32 Å². The van der Waals surface area contributed by atoms with Gasteiger partial charge in [0.1, 0.15) is 5.65 Å². The van der Waals surface area contributed by atoms with E-state index in [1.807, 2.05) is 11.0 Å². The van der Waals surface area contributed by atoms with Crippen LogP contribution in [0.25, 0.3) is 11.0 Å². The van der Waals surface area contributed by atoms with Crippen molar-refractivity contribution in [2.75, 3.05) is 20.2 Å². The van der Waals surface area contributed by atoms with Crippen LogP contribution in [0.4, 0.5) is 4.79 Å². The molecule has 1 saturated carbocycles. The van der Waals surface area contributed by atoms with Crippen molar-refractivity contribution in [1.29, 1.82) is 0 Å². The number of alkyl carbamates (subject to hydrolysis) is 1. The monoisotopic (exact) mass is 356 g/mol. The Morgan fingerprint density at radius 1 is 1.31 bits per heavy atom. The van der Waals surface area contributed by atoms with Gasteiger partial charge in [0.05, 0.1) is 7.11 Å². The lowest BCUT2D eigenvalue weighted by molar-refractivity contribution is -0.140. The van der Waals surface area contributed by atoms with Crippen molar-refractivity contribution >= 4 is 23.0 Å². The zero-order valence-corrected chi connectivity index (χ0v) is 14.9. The molecule has 2 aromatic rings. The molecule has 138 valence electrons. The van der Waals surface area contributed by atoms with Crippen LogP contribution in [0.1, 0.15) is 37.3 Å². The maximum Gasteiger partial charge on any atom is 0.407 e. The van der Waals surface area contributed by atoms with E-state index in [-0.39, 0.29) is 17.9 Å². The number of rotatable bonds is 3. The van der Waals surface area contributed by atoms with E-state index >= 15 is 0 Å². The summed E-state index contributed by atoms with van der Waals surface area (Å²) in [5.74, 6) is 0.707. The number of hydrogen-bond acceptors (Lipinski definition) is 4. The average molecular weight is 356 g/mol. The molecule has 2 aliphatic rings. The highest BCUT2D eigenvalue weighted by Crippen LogP contribution is 2.33. The summed E-state index contributed by atoms with van der Waals surface area (Å²) >= 11 is 0. The van der Waals surface area contributed by atoms with Crippen molar-refractivity contribution in [1.82, 2.24) is 20.2 Å². The topological polar surface area (TPSA) is 87.3 Å². The molecule has 2 amide bonds. The van der Waals surface area contributed by atoms with Crippen molar-refractivity contribution in [3.63, 3.8) is 0 Å². The van der Waals surface area contributed by atoms with Crippen LogP contribution in [0, 0.1) is 5.92 Å². The van der Waals surface area contributed by atoms with E-state index in [4.69, 9.17) is 0 Å². The zero-order valence-electron chi connectivity index (χ0n) is 14.9. The molecule has 26 heavy (non-hydrogen) atoms. The van der Waals surface area contributed by atoms with Crippen LogP contribution in [-0.4, -0.2) is 53.1 Å². The van der Waals surface area contributed by atoms with E-state index in [0.717, 1.165) is 37.0 Å². The Balaban J connectivity index is 1.28. The molecule has 1 saturated heterocycles. The van der Waals surface area contributed by atoms with Crippen LogP contribution in [0.15, 0.2) is 24.4 Å². The van der Waals surface area contributed by atoms with E-state index in [2.05, 4.69) is 32.2 Å². The fraction of sp³-hybridized carbons (Fsp3) is 0.526. The molecule has 7 nitrogen and oxygen atoms in total. The first-order chi connectivity index (χ1) is 12.6. The van der Waals surface area contributed by atoms with Gasteiger partial charge in [-0.1, -0.05) is 0 Å². The minimum atomic E-state index is -0.422. The second kappa shape index (κ2) is 6.97. The Hall–Kier alpha value is -2.57. The molecule has 3 heterocycles. The summed E-state index contributed by atoms with van der Waals surface area (Å²) in [6, 6.07) is 6.26. The van der Waals surface area contributed by atoms with E-state index in [9.17, 15) is 9.59 Å². The Labute approximate surface area is 152 Å². The maximum atomic E-state index is 12.6. The third kappa shape index (κ3) is 3.25. The molecule has 1 aliphatic carbocycles. The highest BCUT2D eigenvalue weighted by Gasteiger charge is 2.38. The zero-order chi connectivity index (χ0) is 18.1. The molecule has 2 N–H and O–H groups in total. The lowest BCUT2D eigenvalue weighted by Crippen LogP contribution is -2.51. The second-order valence-corrected chi connectivity index (χ2v) is 7.27. The van der Waals surface area contributed by atoms with Gasteiger partial charge < -0.3 is 19.9 Å². The van der Waals surface area contributed by atoms with Gasteiger partial charge in [0.25, 0.3) is 0 Å². The summed E-state index contributed by atoms with van der Waals surface area (Å²) in [6.45, 7) is 1.58. The molecular formula is C19H24N4O3. The highest BCUT2D eigenvalue weighted by atomic mass is 16.5. The molecule has 2 aromatic heterocycles. The minimum Gasteiger partial charge on any atom is -0.453 e. The standard InChI is InChI=1S/C19H24N4O3/c1-26-19(25)21-15-9-14(10-15)18(24)23-7-4-12(5-8-23)16-11-13-3-2-6-20-17(13)22-16/h2-3,6,11-12,14-15H,4-5,7-10H2,1H3,(H,20,22)(H,21,25). The van der Waals surface area contributed by atoms with E-state index in [1.54, 1.807) is 6.20 Å². The predicted octanol–water partition coefficient (Wildman–Crippen LogP) is 2.40. The summed E-state index contributed by atoms with van der Waals surface area (Å²) in [7, 11) is 1.35. The van der Waals surface area contributed by atoms with E-state index < -0.39 is 6.09 Å². The van der Waals surface area contributed by atoms with Crippen molar-refractivity contribution in [2.45, 2.75) is 37.6 Å². The summed E-state index contributed by atoms with van der Waals surface area (Å²) in [5.41, 5.74) is 2.15. The van der Waals surface area contributed by atoms with Gasteiger partial charge in [0, 0.05) is 48.2 Å². The molecule has 0 aromatic carbocycles. The maximum absolute atomic E-state index is 12.6. The van der Waals surface area contributed by atoms with Crippen molar-refractivity contribution in [2.24, 2.45) is 5.92 Å². The largest absolute Gasteiger partial charge is 0.453 e. The second-order valence-electron chi connectivity index (χ2n) is 7.27. The van der Waals surface area contributed by atoms with Crippen LogP contribution >= 0.6 is 0 Å². The van der Waals surface area contributed by atoms with Crippen molar-refractivity contribution < 1.29 is 14.3 Å². The number of hydrogen-bond donors (Lipinski definition) is 2. The van der Waals surface area contributed by atoms with Gasteiger partial charge in [-0.05, 0) is 43.9 Å². The first-order valence-corrected chi connectivity index (χ1v) is 9.21. The van der Waals surface area contributed by atoms with Crippen molar-refractivity contribution in [3.8, 4) is 0 Å². The number of pyridine rings is 1. The minimum absolute atomic E-state index is 0.0333. The normalized spacial score (nSPS) is 23.5. The van der Waals surface area contributed by atoms with E-state index in [0.29, 0.717) is 18.8 Å². The summed E-state index contributed by atoms with van der Waals surface area (Å²) < 4.78 is 4.59. The van der Waals surface area contributed by atoms with Crippen LogP contribution in [0.5, 0.6) is 0 Å². The number of nitrogens with zero attached hydrogens (tertiary/aromatic N) is 2. The lowest BCUT2D eigenvalue weighted by Gasteiger charge is -2.40. The van der Waals surface area contributed by atoms with Gasteiger partial charge in [-0.25, -0.2) is 9.78 Å². The Morgan fingerprint density at radius 3 is 2.77 bits per heavy atom. The number of fused-ring (bicyclic) bond motifs is 1. The number of carbonyl (C=O) groups is 2. The quantitative estimate of drug-likeness (QED) is 0.884. The Kier molecular flexibility index (Phi) is 4.53. The summed E-state index contributed by atoms with van der Waals surface area (Å²) in [5, 5.41) is 3.89. The lowest BCUT2D eigenvalue weighted by atomic mass is 9.79. The number of piperidine rings is 1. The molecular weight excluding hydrogens is 332 g/mol. The first kappa shape index (κ1) is 16.9. The van der Waals surface area contributed by atoms with Crippen LogP contribution in [0.2, 0.25) is 0 Å². The van der Waals surface area contributed by atoms with Crippen LogP contribution in [-0.2, 0) is 9.53 Å². The molecule has 2 fully saturated rings. The van der Waals surface area contributed by atoms with Gasteiger partial charge >= 0.3 is 6.09 Å². The third-order valence-corrected chi connectivity index (χ3v) is 5.65. The predicted molar refractivity (Wildman–Crippen MR) is 96.7 cm³/mol. The number of amides is 2. The van der Waals surface area contributed by atoms with Gasteiger partial charge in [-0.2, -0.15) is 0 Å². The number of aromatic amines is 1. The van der Waals surface area contributed by atoms with Crippen molar-refractivity contribution in [3.05, 3.63) is 30.1 Å². The SMILES string of the molecule is COC(=O)NC1CC(C(=O)N2CCC(c3cc4cccnc4[nH]3)CC2)C1. The molecule has 7 heteroatoms. The number of likely N-dealkylation sites (tertiary alicyclic amines) is 1. The fourth-order valence-corrected chi connectivity index (χ4v) is 4.03. The average Bonchev–Trinajstić information content (AvgIpc) is 3.08. The smallest absolute Gasteiger partial charge is 0.407 e. The van der Waals surface area contributed by atoms with Gasteiger partial charge in [-0.3, -0.25) is 4.79 Å². The molecule has 0 unspecified atom stereocenters. The van der Waals surface area contributed by atoms with Crippen LogP contribution in [0.3, 0.4) is 0 Å². The van der Waals surface area contributed by atoms with E-state index in [1.165, 1.54) is 12.8 Å². The number of carbonyl (C=O) groups excluding carboxylic acids is 2. The Bertz CT molecular complexity index is 771. The number of aromatic nitrogens is 2. The molecule has 4 rings (SSSR count). The van der Waals surface area contributed by atoms with Gasteiger partial charge in [0.15, 0.2) is 0 Å². The summed E-state index contributed by atoms with van der Waals surface area (Å²) in [4.78, 5) is 33.6. The highest BCUT2D eigenvalue weighted by molar-refractivity contribution is 5.80. The Morgan fingerprint density at radius 2 is 2.08 bits per heavy atom. The molecule has 0 atom stereocenters. The molecule has 0 radical (unpaired) electrons. The molecule has 1 aliphatic heterocycles.